The number of carbonyl (C=O) groups is 1. The first-order valence-corrected chi connectivity index (χ1v) is 7.31. The molecule has 3 rings (SSSR count). The van der Waals surface area contributed by atoms with Crippen LogP contribution in [0.4, 0.5) is 0 Å². The number of rotatable bonds is 5. The lowest BCUT2D eigenvalue weighted by atomic mass is 10.1. The second-order valence-corrected chi connectivity index (χ2v) is 5.57. The van der Waals surface area contributed by atoms with Gasteiger partial charge in [-0.25, -0.2) is 14.8 Å². The summed E-state index contributed by atoms with van der Waals surface area (Å²) >= 11 is 0. The summed E-state index contributed by atoms with van der Waals surface area (Å²) in [7, 11) is 3.98. The number of carbonyl (C=O) groups excluding carboxylic acids is 1. The van der Waals surface area contributed by atoms with Crippen molar-refractivity contribution >= 4 is 11.7 Å². The van der Waals surface area contributed by atoms with E-state index in [1.165, 1.54) is 0 Å². The van der Waals surface area contributed by atoms with E-state index in [0.717, 1.165) is 12.1 Å². The highest BCUT2D eigenvalue weighted by atomic mass is 16.5. The van der Waals surface area contributed by atoms with Gasteiger partial charge in [-0.3, -0.25) is 4.40 Å². The van der Waals surface area contributed by atoms with Crippen molar-refractivity contribution < 1.29 is 9.53 Å². The Bertz CT molecular complexity index is 793. The lowest BCUT2D eigenvalue weighted by Crippen LogP contribution is -2.12. The van der Waals surface area contributed by atoms with E-state index in [-0.39, 0.29) is 12.6 Å². The van der Waals surface area contributed by atoms with Crippen molar-refractivity contribution in [1.82, 2.24) is 19.3 Å². The van der Waals surface area contributed by atoms with Crippen LogP contribution in [-0.2, 0) is 17.9 Å². The summed E-state index contributed by atoms with van der Waals surface area (Å²) in [4.78, 5) is 22.7. The smallest absolute Gasteiger partial charge is 0.338 e. The van der Waals surface area contributed by atoms with Crippen LogP contribution in [0.5, 0.6) is 0 Å². The monoisotopic (exact) mass is 310 g/mol. The van der Waals surface area contributed by atoms with Gasteiger partial charge in [0.1, 0.15) is 6.61 Å². The van der Waals surface area contributed by atoms with E-state index >= 15 is 0 Å². The normalized spacial score (nSPS) is 11.1. The number of hydrogen-bond acceptors (Lipinski definition) is 5. The molecule has 2 aromatic heterocycles. The summed E-state index contributed by atoms with van der Waals surface area (Å²) in [6.07, 6.45) is 5.33. The van der Waals surface area contributed by atoms with Gasteiger partial charge in [0.25, 0.3) is 0 Å². The molecule has 0 amide bonds. The molecule has 0 saturated heterocycles. The number of fused-ring (bicyclic) bond motifs is 1. The molecule has 0 radical (unpaired) electrons. The van der Waals surface area contributed by atoms with Crippen molar-refractivity contribution in [3.05, 3.63) is 65.7 Å². The predicted octanol–water partition coefficient (Wildman–Crippen LogP) is 2.15. The molecule has 3 aromatic rings. The van der Waals surface area contributed by atoms with Crippen LogP contribution >= 0.6 is 0 Å². The quantitative estimate of drug-likeness (QED) is 0.676. The topological polar surface area (TPSA) is 59.7 Å². The summed E-state index contributed by atoms with van der Waals surface area (Å²) in [6, 6.07) is 9.29. The molecule has 0 bridgehead atoms. The Morgan fingerprint density at radius 2 is 2.17 bits per heavy atom. The van der Waals surface area contributed by atoms with E-state index < -0.39 is 0 Å². The molecule has 0 saturated carbocycles. The van der Waals surface area contributed by atoms with Gasteiger partial charge in [0.2, 0.25) is 5.78 Å². The third kappa shape index (κ3) is 3.73. The number of ether oxygens (including phenoxy) is 1. The molecule has 0 aliphatic heterocycles. The van der Waals surface area contributed by atoms with Crippen LogP contribution < -0.4 is 0 Å². The number of nitrogens with zero attached hydrogens (tertiary/aromatic N) is 4. The highest BCUT2D eigenvalue weighted by Crippen LogP contribution is 2.10. The van der Waals surface area contributed by atoms with Crippen LogP contribution in [0.1, 0.15) is 21.6 Å². The van der Waals surface area contributed by atoms with Gasteiger partial charge >= 0.3 is 5.97 Å². The van der Waals surface area contributed by atoms with Crippen molar-refractivity contribution in [2.45, 2.75) is 13.2 Å². The molecule has 0 N–H and O–H groups in total. The fourth-order valence-electron chi connectivity index (χ4n) is 2.33. The van der Waals surface area contributed by atoms with E-state index in [1.54, 1.807) is 22.9 Å². The molecule has 6 heteroatoms. The molecule has 6 nitrogen and oxygen atoms in total. The van der Waals surface area contributed by atoms with Crippen LogP contribution in [0.15, 0.2) is 48.9 Å². The van der Waals surface area contributed by atoms with Gasteiger partial charge in [-0.2, -0.15) is 0 Å². The SMILES string of the molecule is CN(C)Cc1cccc(C(=O)OCc2cn3cccnc3n2)c1. The van der Waals surface area contributed by atoms with Crippen LogP contribution in [-0.4, -0.2) is 39.3 Å². The zero-order valence-electron chi connectivity index (χ0n) is 13.1. The Balaban J connectivity index is 1.67. The zero-order valence-corrected chi connectivity index (χ0v) is 13.1. The van der Waals surface area contributed by atoms with E-state index in [2.05, 4.69) is 9.97 Å². The van der Waals surface area contributed by atoms with Gasteiger partial charge in [-0.15, -0.1) is 0 Å². The van der Waals surface area contributed by atoms with Gasteiger partial charge in [-0.1, -0.05) is 12.1 Å². The summed E-state index contributed by atoms with van der Waals surface area (Å²) in [6.45, 7) is 0.902. The molecule has 2 heterocycles. The predicted molar refractivity (Wildman–Crippen MR) is 85.9 cm³/mol. The molecule has 0 aliphatic carbocycles. The minimum absolute atomic E-state index is 0.125. The van der Waals surface area contributed by atoms with Crippen LogP contribution in [0.3, 0.4) is 0 Å². The zero-order chi connectivity index (χ0) is 16.2. The van der Waals surface area contributed by atoms with Gasteiger partial charge in [-0.05, 0) is 37.9 Å². The fourth-order valence-corrected chi connectivity index (χ4v) is 2.33. The van der Waals surface area contributed by atoms with Crippen LogP contribution in [0.2, 0.25) is 0 Å². The minimum Gasteiger partial charge on any atom is -0.456 e. The molecule has 0 spiro atoms. The summed E-state index contributed by atoms with van der Waals surface area (Å²) in [5, 5.41) is 0. The lowest BCUT2D eigenvalue weighted by molar-refractivity contribution is 0.0468. The molecule has 23 heavy (non-hydrogen) atoms. The summed E-state index contributed by atoms with van der Waals surface area (Å²) < 4.78 is 7.14. The first kappa shape index (κ1) is 15.2. The van der Waals surface area contributed by atoms with Crippen molar-refractivity contribution in [3.63, 3.8) is 0 Å². The van der Waals surface area contributed by atoms with Gasteiger partial charge in [0.15, 0.2) is 0 Å². The average Bonchev–Trinajstić information content (AvgIpc) is 2.95. The summed E-state index contributed by atoms with van der Waals surface area (Å²) in [5.74, 6) is 0.238. The Hall–Kier alpha value is -2.73. The Kier molecular flexibility index (Phi) is 4.34. The minimum atomic E-state index is -0.351. The number of imidazole rings is 1. The molecule has 1 aromatic carbocycles. The maximum atomic E-state index is 12.2. The van der Waals surface area contributed by atoms with Crippen molar-refractivity contribution in [1.29, 1.82) is 0 Å². The Morgan fingerprint density at radius 1 is 1.30 bits per heavy atom. The number of aromatic nitrogens is 3. The van der Waals surface area contributed by atoms with Gasteiger partial charge < -0.3 is 9.64 Å². The largest absolute Gasteiger partial charge is 0.456 e. The second-order valence-electron chi connectivity index (χ2n) is 5.57. The van der Waals surface area contributed by atoms with E-state index in [0.29, 0.717) is 17.0 Å². The molecule has 0 unspecified atom stereocenters. The molecule has 118 valence electrons. The first-order chi connectivity index (χ1) is 11.1. The van der Waals surface area contributed by atoms with E-state index in [4.69, 9.17) is 4.74 Å². The maximum Gasteiger partial charge on any atom is 0.338 e. The third-order valence-corrected chi connectivity index (χ3v) is 3.30. The first-order valence-electron chi connectivity index (χ1n) is 7.31. The Labute approximate surface area is 134 Å². The van der Waals surface area contributed by atoms with E-state index in [1.807, 2.05) is 49.5 Å². The number of esters is 1. The molecule has 0 atom stereocenters. The summed E-state index contributed by atoms with van der Waals surface area (Å²) in [5.41, 5.74) is 2.29. The molecule has 0 aliphatic rings. The highest BCUT2D eigenvalue weighted by molar-refractivity contribution is 5.89. The standard InChI is InChI=1S/C17H18N4O2/c1-20(2)10-13-5-3-6-14(9-13)16(22)23-12-15-11-21-8-4-7-18-17(21)19-15/h3-9,11H,10,12H2,1-2H3. The third-order valence-electron chi connectivity index (χ3n) is 3.30. The van der Waals surface area contributed by atoms with E-state index in [9.17, 15) is 4.79 Å². The number of hydrogen-bond donors (Lipinski definition) is 0. The lowest BCUT2D eigenvalue weighted by Gasteiger charge is -2.10. The maximum absolute atomic E-state index is 12.2. The van der Waals surface area contributed by atoms with Crippen LogP contribution in [0, 0.1) is 0 Å². The second kappa shape index (κ2) is 6.58. The fraction of sp³-hybridized carbons (Fsp3) is 0.235. The average molecular weight is 310 g/mol. The van der Waals surface area contributed by atoms with Gasteiger partial charge in [0, 0.05) is 25.1 Å². The molecule has 0 fully saturated rings. The number of benzene rings is 1. The van der Waals surface area contributed by atoms with Gasteiger partial charge in [0.05, 0.1) is 11.3 Å². The highest BCUT2D eigenvalue weighted by Gasteiger charge is 2.10. The Morgan fingerprint density at radius 3 is 2.96 bits per heavy atom. The van der Waals surface area contributed by atoms with Crippen molar-refractivity contribution in [3.8, 4) is 0 Å². The molecular formula is C17H18N4O2. The van der Waals surface area contributed by atoms with Crippen LogP contribution in [0.25, 0.3) is 5.78 Å². The molecular weight excluding hydrogens is 292 g/mol. The van der Waals surface area contributed by atoms with Crippen molar-refractivity contribution in [2.24, 2.45) is 0 Å². The van der Waals surface area contributed by atoms with Crippen molar-refractivity contribution in [2.75, 3.05) is 14.1 Å².